The van der Waals surface area contributed by atoms with Crippen molar-refractivity contribution >= 4 is 70.6 Å². The van der Waals surface area contributed by atoms with Crippen molar-refractivity contribution in [3.05, 3.63) is 59.3 Å². The first-order valence-corrected chi connectivity index (χ1v) is 11.3. The van der Waals surface area contributed by atoms with Gasteiger partial charge in [-0.3, -0.25) is 0 Å². The van der Waals surface area contributed by atoms with Gasteiger partial charge in [0.1, 0.15) is 17.2 Å². The van der Waals surface area contributed by atoms with Gasteiger partial charge in [0.05, 0.1) is 17.5 Å². The Labute approximate surface area is 186 Å². The maximum atomic E-state index is 9.67. The third-order valence-electron chi connectivity index (χ3n) is 5.03. The minimum Gasteiger partial charge on any atom is -0.435 e. The lowest BCUT2D eigenvalue weighted by Crippen LogP contribution is -2.16. The van der Waals surface area contributed by atoms with Gasteiger partial charge in [-0.05, 0) is 53.2 Å². The maximum Gasteiger partial charge on any atom is 0.238 e. The van der Waals surface area contributed by atoms with Crippen molar-refractivity contribution < 1.29 is 4.42 Å². The second kappa shape index (κ2) is 7.88. The zero-order chi connectivity index (χ0) is 21.4. The van der Waals surface area contributed by atoms with Gasteiger partial charge in [0.25, 0.3) is 0 Å². The molecule has 0 atom stereocenters. The lowest BCUT2D eigenvalue weighted by Gasteiger charge is -2.14. The van der Waals surface area contributed by atoms with E-state index < -0.39 is 0 Å². The summed E-state index contributed by atoms with van der Waals surface area (Å²) in [5.74, 6) is 0.340. The predicted octanol–water partition coefficient (Wildman–Crippen LogP) is 6.67. The van der Waals surface area contributed by atoms with Crippen LogP contribution in [0.5, 0.6) is 0 Å². The average Bonchev–Trinajstić information content (AvgIpc) is 3.48. The Morgan fingerprint density at radius 3 is 2.71 bits per heavy atom. The molecular weight excluding hydrogens is 424 g/mol. The van der Waals surface area contributed by atoms with Crippen molar-refractivity contribution in [3.8, 4) is 12.1 Å². The fraction of sp³-hybridized carbons (Fsp3) is 0.125. The van der Waals surface area contributed by atoms with Gasteiger partial charge in [0.15, 0.2) is 5.58 Å². The van der Waals surface area contributed by atoms with Crippen LogP contribution in [0.1, 0.15) is 17.2 Å². The first-order chi connectivity index (χ1) is 15.1. The van der Waals surface area contributed by atoms with Crippen LogP contribution in [0, 0.1) is 22.7 Å². The summed E-state index contributed by atoms with van der Waals surface area (Å²) in [6.07, 6.45) is 2.35. The largest absolute Gasteiger partial charge is 0.435 e. The first-order valence-electron chi connectivity index (χ1n) is 9.67. The summed E-state index contributed by atoms with van der Waals surface area (Å²) >= 11 is 3.37. The van der Waals surface area contributed by atoms with E-state index in [0.717, 1.165) is 27.3 Å². The van der Waals surface area contributed by atoms with Crippen LogP contribution in [0.3, 0.4) is 0 Å². The third kappa shape index (κ3) is 3.66. The van der Waals surface area contributed by atoms with Crippen LogP contribution in [0.2, 0.25) is 0 Å². The zero-order valence-corrected chi connectivity index (χ0v) is 18.3. The second-order valence-corrected chi connectivity index (χ2v) is 9.33. The summed E-state index contributed by atoms with van der Waals surface area (Å²) in [6, 6.07) is 20.6. The number of oxazole rings is 1. The molecule has 5 rings (SSSR count). The molecule has 0 aliphatic heterocycles. The summed E-state index contributed by atoms with van der Waals surface area (Å²) in [5, 5.41) is 22.0. The Balaban J connectivity index is 1.50. The highest BCUT2D eigenvalue weighted by Crippen LogP contribution is 2.38. The molecule has 0 amide bonds. The molecule has 31 heavy (non-hydrogen) atoms. The number of hydrogen-bond donors (Lipinski definition) is 0. The van der Waals surface area contributed by atoms with E-state index in [0.29, 0.717) is 23.5 Å². The van der Waals surface area contributed by atoms with Crippen molar-refractivity contribution in [2.45, 2.75) is 6.42 Å². The lowest BCUT2D eigenvalue weighted by atomic mass is 10.2. The smallest absolute Gasteiger partial charge is 0.238 e. The summed E-state index contributed by atoms with van der Waals surface area (Å²) in [7, 11) is 2.02. The quantitative estimate of drug-likeness (QED) is 0.285. The van der Waals surface area contributed by atoms with Crippen molar-refractivity contribution in [3.63, 3.8) is 0 Å². The lowest BCUT2D eigenvalue weighted by molar-refractivity contribution is 0.586. The highest BCUT2D eigenvalue weighted by molar-refractivity contribution is 7.24. The van der Waals surface area contributed by atoms with Crippen LogP contribution in [0.15, 0.2) is 52.9 Å². The van der Waals surface area contributed by atoms with Gasteiger partial charge in [-0.2, -0.15) is 10.5 Å². The molecule has 0 bridgehead atoms. The number of para-hydroxylation sites is 2. The molecule has 2 aromatic carbocycles. The van der Waals surface area contributed by atoms with E-state index in [1.54, 1.807) is 22.7 Å². The number of rotatable bonds is 5. The van der Waals surface area contributed by atoms with Crippen LogP contribution >= 0.6 is 22.7 Å². The van der Waals surface area contributed by atoms with E-state index in [1.165, 1.54) is 14.8 Å². The SMILES string of the molecule is CN(CCC#N)c1cc2cc3cc(/C=C(\C#N)c4nc5ccccc5o4)sc3cc2s1. The molecule has 7 heteroatoms. The maximum absolute atomic E-state index is 9.67. The van der Waals surface area contributed by atoms with E-state index in [-0.39, 0.29) is 0 Å². The Morgan fingerprint density at radius 1 is 1.10 bits per heavy atom. The Hall–Kier alpha value is -3.65. The van der Waals surface area contributed by atoms with Crippen LogP contribution in [0.25, 0.3) is 42.9 Å². The number of nitrogens with zero attached hydrogens (tertiary/aromatic N) is 4. The van der Waals surface area contributed by atoms with Gasteiger partial charge in [0, 0.05) is 27.9 Å². The predicted molar refractivity (Wildman–Crippen MR) is 128 cm³/mol. The van der Waals surface area contributed by atoms with Crippen molar-refractivity contribution in [1.29, 1.82) is 10.5 Å². The normalized spacial score (nSPS) is 11.8. The summed E-state index contributed by atoms with van der Waals surface area (Å²) in [4.78, 5) is 7.55. The van der Waals surface area contributed by atoms with E-state index in [1.807, 2.05) is 37.4 Å². The standard InChI is InChI=1S/C24H16N4OS2/c1-28(8-4-7-25)23-12-16-9-15-10-18(30-21(15)13-22(16)31-23)11-17(14-26)24-27-19-5-2-3-6-20(19)29-24/h2-3,5-6,9-13H,4,8H2,1H3/b17-11+. The monoisotopic (exact) mass is 440 g/mol. The van der Waals surface area contributed by atoms with Gasteiger partial charge in [-0.1, -0.05) is 12.1 Å². The fourth-order valence-corrected chi connectivity index (χ4v) is 5.62. The number of allylic oxidation sites excluding steroid dienone is 1. The molecule has 150 valence electrons. The summed E-state index contributed by atoms with van der Waals surface area (Å²) < 4.78 is 8.14. The van der Waals surface area contributed by atoms with E-state index in [2.05, 4.69) is 46.3 Å². The molecule has 0 spiro atoms. The third-order valence-corrected chi connectivity index (χ3v) is 7.28. The van der Waals surface area contributed by atoms with Crippen molar-refractivity contribution in [2.75, 3.05) is 18.5 Å². The number of hydrogen-bond acceptors (Lipinski definition) is 7. The molecule has 3 aromatic heterocycles. The molecule has 0 radical (unpaired) electrons. The highest BCUT2D eigenvalue weighted by Gasteiger charge is 2.13. The van der Waals surface area contributed by atoms with Gasteiger partial charge in [-0.25, -0.2) is 4.98 Å². The van der Waals surface area contributed by atoms with Gasteiger partial charge < -0.3 is 9.32 Å². The minimum absolute atomic E-state index is 0.340. The van der Waals surface area contributed by atoms with Gasteiger partial charge in [-0.15, -0.1) is 22.7 Å². The fourth-order valence-electron chi connectivity index (χ4n) is 3.44. The number of thiophene rings is 2. The van der Waals surface area contributed by atoms with Crippen LogP contribution in [0.4, 0.5) is 5.00 Å². The average molecular weight is 441 g/mol. The number of anilines is 1. The van der Waals surface area contributed by atoms with Crippen LogP contribution in [-0.2, 0) is 0 Å². The summed E-state index contributed by atoms with van der Waals surface area (Å²) in [6.45, 7) is 0.722. The molecular formula is C24H16N4OS2. The van der Waals surface area contributed by atoms with E-state index >= 15 is 0 Å². The van der Waals surface area contributed by atoms with Crippen LogP contribution in [-0.4, -0.2) is 18.6 Å². The topological polar surface area (TPSA) is 76.8 Å². The Morgan fingerprint density at radius 2 is 1.90 bits per heavy atom. The van der Waals surface area contributed by atoms with Crippen LogP contribution < -0.4 is 4.90 Å². The number of fused-ring (bicyclic) bond motifs is 3. The number of benzene rings is 2. The molecule has 5 aromatic rings. The minimum atomic E-state index is 0.340. The summed E-state index contributed by atoms with van der Waals surface area (Å²) in [5.41, 5.74) is 1.82. The van der Waals surface area contributed by atoms with Crippen molar-refractivity contribution in [1.82, 2.24) is 4.98 Å². The second-order valence-electron chi connectivity index (χ2n) is 7.15. The number of aromatic nitrogens is 1. The molecule has 5 nitrogen and oxygen atoms in total. The zero-order valence-electron chi connectivity index (χ0n) is 16.6. The van der Waals surface area contributed by atoms with Crippen molar-refractivity contribution in [2.24, 2.45) is 0 Å². The van der Waals surface area contributed by atoms with Gasteiger partial charge >= 0.3 is 0 Å². The number of nitriles is 2. The van der Waals surface area contributed by atoms with Gasteiger partial charge in [0.2, 0.25) is 5.89 Å². The molecule has 0 aliphatic rings. The molecule has 0 aliphatic carbocycles. The molecule has 0 N–H and O–H groups in total. The molecule has 0 unspecified atom stereocenters. The highest BCUT2D eigenvalue weighted by atomic mass is 32.1. The molecule has 3 heterocycles. The Bertz CT molecular complexity index is 1460. The molecule has 0 saturated heterocycles. The van der Waals surface area contributed by atoms with E-state index in [4.69, 9.17) is 9.68 Å². The molecule has 0 fully saturated rings. The Kier molecular flexibility index (Phi) is 4.91. The first kappa shape index (κ1) is 19.3. The van der Waals surface area contributed by atoms with E-state index in [9.17, 15) is 5.26 Å². The molecule has 0 saturated carbocycles.